The predicted molar refractivity (Wildman–Crippen MR) is 288 cm³/mol. The normalized spacial score (nSPS) is 10.9. The maximum atomic E-state index is 10.5. The number of para-hydroxylation sites is 3. The van der Waals surface area contributed by atoms with Crippen LogP contribution in [0.4, 0.5) is 34.1 Å². The first-order valence-electron chi connectivity index (χ1n) is 23.2. The van der Waals surface area contributed by atoms with Gasteiger partial charge in [0.1, 0.15) is 6.29 Å². The van der Waals surface area contributed by atoms with Crippen LogP contribution in [0.15, 0.2) is 273 Å². The van der Waals surface area contributed by atoms with Gasteiger partial charge >= 0.3 is 0 Å². The highest BCUT2D eigenvalue weighted by Crippen LogP contribution is 2.37. The first kappa shape index (κ1) is 46.0. The molecule has 1 unspecified atom stereocenters. The number of carbonyl (C=O) groups excluding carboxylic acids is 1. The number of aldehydes is 1. The van der Waals surface area contributed by atoms with Crippen LogP contribution in [0.2, 0.25) is 0 Å². The molecule has 10 aromatic carbocycles. The van der Waals surface area contributed by atoms with Crippen molar-refractivity contribution in [1.82, 2.24) is 0 Å². The molecule has 0 aromatic heterocycles. The summed E-state index contributed by atoms with van der Waals surface area (Å²) >= 11 is 0. The number of carbonyl (C=O) groups is 1. The Balaban J connectivity index is 0.000000157. The van der Waals surface area contributed by atoms with Crippen LogP contribution in [0.25, 0.3) is 22.3 Å². The van der Waals surface area contributed by atoms with Crippen LogP contribution in [0, 0.1) is 13.8 Å². The van der Waals surface area contributed by atoms with Crippen LogP contribution in [-0.2, 0) is 0 Å². The van der Waals surface area contributed by atoms with Crippen LogP contribution in [0.3, 0.4) is 0 Å². The molecule has 0 N–H and O–H groups in total. The molecule has 10 aromatic rings. The fourth-order valence-corrected chi connectivity index (χ4v) is 8.10. The number of hydrogen-bond donors (Lipinski definition) is 0. The van der Waals surface area contributed by atoms with Crippen LogP contribution < -0.4 is 9.80 Å². The van der Waals surface area contributed by atoms with Crippen molar-refractivity contribution in [2.45, 2.75) is 26.7 Å². The van der Waals surface area contributed by atoms with Crippen molar-refractivity contribution < 1.29 is 4.79 Å². The minimum Gasteiger partial charge on any atom is -0.311 e. The van der Waals surface area contributed by atoms with E-state index in [1.807, 2.05) is 60.7 Å². The van der Waals surface area contributed by atoms with Gasteiger partial charge in [-0.25, -0.2) is 0 Å². The molecular formula is C65H56N2O. The van der Waals surface area contributed by atoms with Crippen molar-refractivity contribution in [3.05, 3.63) is 301 Å². The highest BCUT2D eigenvalue weighted by molar-refractivity contribution is 5.79. The first-order valence-corrected chi connectivity index (χ1v) is 23.2. The summed E-state index contributed by atoms with van der Waals surface area (Å²) in [4.78, 5) is 15.0. The van der Waals surface area contributed by atoms with Gasteiger partial charge in [0.15, 0.2) is 0 Å². The van der Waals surface area contributed by atoms with Crippen LogP contribution in [0.1, 0.15) is 45.5 Å². The maximum absolute atomic E-state index is 10.5. The molecule has 0 amide bonds. The van der Waals surface area contributed by atoms with E-state index in [-0.39, 0.29) is 0 Å². The van der Waals surface area contributed by atoms with Gasteiger partial charge < -0.3 is 9.80 Å². The van der Waals surface area contributed by atoms with Gasteiger partial charge in [-0.15, -0.1) is 0 Å². The van der Waals surface area contributed by atoms with Crippen LogP contribution >= 0.6 is 0 Å². The lowest BCUT2D eigenvalue weighted by molar-refractivity contribution is 0.112. The van der Waals surface area contributed by atoms with Gasteiger partial charge in [-0.1, -0.05) is 218 Å². The highest BCUT2D eigenvalue weighted by Gasteiger charge is 2.15. The second-order valence-corrected chi connectivity index (χ2v) is 16.8. The Morgan fingerprint density at radius 3 is 0.868 bits per heavy atom. The first-order chi connectivity index (χ1) is 33.4. The molecule has 0 bridgehead atoms. The number of nitrogens with zero attached hydrogens (tertiary/aromatic N) is 2. The second kappa shape index (κ2) is 23.1. The molecule has 0 spiro atoms. The third kappa shape index (κ3) is 12.0. The number of hydrogen-bond acceptors (Lipinski definition) is 3. The smallest absolute Gasteiger partial charge is 0.150 e. The molecule has 0 heterocycles. The Kier molecular flexibility index (Phi) is 15.6. The third-order valence-electron chi connectivity index (χ3n) is 12.0. The van der Waals surface area contributed by atoms with Crippen LogP contribution in [0.5, 0.6) is 0 Å². The summed E-state index contributed by atoms with van der Waals surface area (Å²) in [7, 11) is 0. The quantitative estimate of drug-likeness (QED) is 0.121. The molecular weight excluding hydrogens is 825 g/mol. The Morgan fingerprint density at radius 1 is 0.294 bits per heavy atom. The van der Waals surface area contributed by atoms with Crippen molar-refractivity contribution in [1.29, 1.82) is 0 Å². The fourth-order valence-electron chi connectivity index (χ4n) is 8.10. The second-order valence-electron chi connectivity index (χ2n) is 16.8. The standard InChI is InChI=1S/C34H31N.C18H15N.C13H10O/c1-25-9-19-32(20-10-25)35(33-21-11-26(2)12-22-33)34-23-17-29(18-24-34)27(3)28-13-15-31(16-14-28)30-7-5-4-6-8-30;1-4-10-16(11-5-1)19(17-12-6-2-7-13-17)18-14-8-3-9-15-18;14-10-11-6-8-13(9-7-11)12-4-2-1-3-5-12/h4-24,27H,1-3H3;1-15H;1-10H. The van der Waals surface area contributed by atoms with E-state index in [2.05, 4.69) is 243 Å². The summed E-state index contributed by atoms with van der Waals surface area (Å²) in [5.41, 5.74) is 17.7. The van der Waals surface area contributed by atoms with Crippen molar-refractivity contribution in [2.75, 3.05) is 9.80 Å². The molecule has 3 heteroatoms. The summed E-state index contributed by atoms with van der Waals surface area (Å²) in [6.45, 7) is 6.54. The van der Waals surface area contributed by atoms with Gasteiger partial charge in [-0.3, -0.25) is 4.79 Å². The van der Waals surface area contributed by atoms with E-state index in [1.54, 1.807) is 0 Å². The molecule has 0 aliphatic carbocycles. The molecule has 68 heavy (non-hydrogen) atoms. The van der Waals surface area contributed by atoms with Gasteiger partial charge in [0.2, 0.25) is 0 Å². The highest BCUT2D eigenvalue weighted by atomic mass is 16.1. The summed E-state index contributed by atoms with van der Waals surface area (Å²) in [5.74, 6) is 0.320. The van der Waals surface area contributed by atoms with E-state index in [0.29, 0.717) is 11.5 Å². The lowest BCUT2D eigenvalue weighted by Gasteiger charge is -2.26. The molecule has 10 rings (SSSR count). The predicted octanol–water partition coefficient (Wildman–Crippen LogP) is 17.9. The summed E-state index contributed by atoms with van der Waals surface area (Å²) < 4.78 is 0. The van der Waals surface area contributed by atoms with Gasteiger partial charge in [0, 0.05) is 45.6 Å². The number of anilines is 6. The van der Waals surface area contributed by atoms with E-state index in [4.69, 9.17) is 0 Å². The minimum absolute atomic E-state index is 0.320. The zero-order chi connectivity index (χ0) is 46.9. The zero-order valence-corrected chi connectivity index (χ0v) is 38.9. The fraction of sp³-hybridized carbons (Fsp3) is 0.0615. The van der Waals surface area contributed by atoms with Gasteiger partial charge in [0.05, 0.1) is 0 Å². The topological polar surface area (TPSA) is 23.6 Å². The number of rotatable bonds is 11. The molecule has 332 valence electrons. The Morgan fingerprint density at radius 2 is 0.544 bits per heavy atom. The van der Waals surface area contributed by atoms with Crippen molar-refractivity contribution in [3.8, 4) is 22.3 Å². The Hall–Kier alpha value is -8.53. The molecule has 0 fully saturated rings. The van der Waals surface area contributed by atoms with E-state index >= 15 is 0 Å². The van der Waals surface area contributed by atoms with Crippen molar-refractivity contribution in [2.24, 2.45) is 0 Å². The Bertz CT molecular complexity index is 2890. The summed E-state index contributed by atoms with van der Waals surface area (Å²) in [6, 6.07) is 94.9. The average Bonchev–Trinajstić information content (AvgIpc) is 3.42. The molecule has 0 aliphatic rings. The SMILES string of the molecule is Cc1ccc(N(c2ccc(C)cc2)c2ccc(C(C)c3ccc(-c4ccccc4)cc3)cc2)cc1.O=Cc1ccc(-c2ccccc2)cc1.c1ccc(N(c2ccccc2)c2ccccc2)cc1. The number of benzene rings is 10. The third-order valence-corrected chi connectivity index (χ3v) is 12.0. The molecule has 3 nitrogen and oxygen atoms in total. The Labute approximate surface area is 402 Å². The lowest BCUT2D eigenvalue weighted by Crippen LogP contribution is -2.10. The molecule has 0 aliphatic heterocycles. The minimum atomic E-state index is 0.320. The zero-order valence-electron chi connectivity index (χ0n) is 38.9. The van der Waals surface area contributed by atoms with Crippen molar-refractivity contribution in [3.63, 3.8) is 0 Å². The van der Waals surface area contributed by atoms with E-state index in [9.17, 15) is 4.79 Å². The molecule has 0 radical (unpaired) electrons. The summed E-state index contributed by atoms with van der Waals surface area (Å²) in [6.07, 6.45) is 0.856. The van der Waals surface area contributed by atoms with Gasteiger partial charge in [-0.2, -0.15) is 0 Å². The van der Waals surface area contributed by atoms with Gasteiger partial charge in [0.25, 0.3) is 0 Å². The van der Waals surface area contributed by atoms with E-state index in [0.717, 1.165) is 28.9 Å². The molecule has 1 atom stereocenters. The van der Waals surface area contributed by atoms with Crippen molar-refractivity contribution >= 4 is 40.4 Å². The van der Waals surface area contributed by atoms with Crippen LogP contribution in [-0.4, -0.2) is 6.29 Å². The van der Waals surface area contributed by atoms with E-state index < -0.39 is 0 Å². The molecule has 0 saturated heterocycles. The average molecular weight is 881 g/mol. The summed E-state index contributed by atoms with van der Waals surface area (Å²) in [5, 5.41) is 0. The maximum Gasteiger partial charge on any atom is 0.150 e. The van der Waals surface area contributed by atoms with Gasteiger partial charge in [-0.05, 0) is 120 Å². The lowest BCUT2D eigenvalue weighted by atomic mass is 9.91. The largest absolute Gasteiger partial charge is 0.311 e. The van der Waals surface area contributed by atoms with E-state index in [1.165, 1.54) is 56.0 Å². The number of aryl methyl sites for hydroxylation is 2. The molecule has 0 saturated carbocycles. The monoisotopic (exact) mass is 880 g/mol.